The summed E-state index contributed by atoms with van der Waals surface area (Å²) in [4.78, 5) is 8.76. The Bertz CT molecular complexity index is 1190. The van der Waals surface area contributed by atoms with E-state index in [0.717, 1.165) is 53.4 Å². The van der Waals surface area contributed by atoms with Crippen molar-refractivity contribution in [1.29, 1.82) is 0 Å². The van der Waals surface area contributed by atoms with E-state index < -0.39 is 0 Å². The highest BCUT2D eigenvalue weighted by molar-refractivity contribution is 5.72. The van der Waals surface area contributed by atoms with Gasteiger partial charge in [-0.15, -0.1) is 0 Å². The first-order chi connectivity index (χ1) is 15.2. The van der Waals surface area contributed by atoms with Crippen LogP contribution in [0.4, 0.5) is 11.6 Å². The summed E-state index contributed by atoms with van der Waals surface area (Å²) < 4.78 is 13.2. The molecule has 1 fully saturated rings. The van der Waals surface area contributed by atoms with Gasteiger partial charge in [0.1, 0.15) is 11.3 Å². The van der Waals surface area contributed by atoms with Gasteiger partial charge < -0.3 is 14.8 Å². The molecule has 0 unspecified atom stereocenters. The normalized spacial score (nSPS) is 18.5. The van der Waals surface area contributed by atoms with Crippen LogP contribution in [0.2, 0.25) is 0 Å². The van der Waals surface area contributed by atoms with E-state index in [1.54, 1.807) is 24.0 Å². The number of aryl methyl sites for hydroxylation is 1. The molecule has 4 aromatic heterocycles. The summed E-state index contributed by atoms with van der Waals surface area (Å²) in [5.74, 6) is 2.69. The van der Waals surface area contributed by atoms with Crippen molar-refractivity contribution in [3.05, 3.63) is 59.9 Å². The molecule has 0 aromatic carbocycles. The molecule has 2 atom stereocenters. The Balaban J connectivity index is 1.27. The lowest BCUT2D eigenvalue weighted by Gasteiger charge is -2.15. The third kappa shape index (κ3) is 4.09. The Morgan fingerprint density at radius 3 is 3.03 bits per heavy atom. The number of aromatic nitrogens is 6. The molecular formula is C22H25N7O2. The molecule has 5 rings (SSSR count). The van der Waals surface area contributed by atoms with Gasteiger partial charge in [-0.1, -0.05) is 0 Å². The predicted octanol–water partition coefficient (Wildman–Crippen LogP) is 3.76. The van der Waals surface area contributed by atoms with Crippen molar-refractivity contribution in [3.8, 4) is 5.75 Å². The van der Waals surface area contributed by atoms with E-state index >= 15 is 0 Å². The minimum Gasteiger partial charge on any atom is -0.489 e. The molecule has 4 aromatic rings. The summed E-state index contributed by atoms with van der Waals surface area (Å²) in [6, 6.07) is 7.91. The van der Waals surface area contributed by atoms with Crippen LogP contribution in [0.5, 0.6) is 5.75 Å². The summed E-state index contributed by atoms with van der Waals surface area (Å²) in [7, 11) is 1.66. The largest absolute Gasteiger partial charge is 0.489 e. The lowest BCUT2D eigenvalue weighted by atomic mass is 10.0. The lowest BCUT2D eigenvalue weighted by Crippen LogP contribution is -2.13. The van der Waals surface area contributed by atoms with Gasteiger partial charge in [0.25, 0.3) is 0 Å². The van der Waals surface area contributed by atoms with Crippen molar-refractivity contribution in [2.45, 2.75) is 44.8 Å². The van der Waals surface area contributed by atoms with E-state index in [1.807, 2.05) is 31.3 Å². The third-order valence-corrected chi connectivity index (χ3v) is 5.65. The molecule has 0 bridgehead atoms. The van der Waals surface area contributed by atoms with Gasteiger partial charge in [-0.05, 0) is 44.4 Å². The number of aromatic amines is 1. The van der Waals surface area contributed by atoms with Crippen molar-refractivity contribution < 1.29 is 9.47 Å². The van der Waals surface area contributed by atoms with Crippen molar-refractivity contribution in [3.63, 3.8) is 0 Å². The second-order valence-corrected chi connectivity index (χ2v) is 7.84. The molecule has 1 saturated carbocycles. The summed E-state index contributed by atoms with van der Waals surface area (Å²) in [6.45, 7) is 2.43. The maximum absolute atomic E-state index is 6.19. The SMILES string of the molecule is COCc1cc2c(Nc3cc([C@H]4CC[C@@H](Oc5cccnc5C)C4)[nH]n3)nccn2n1. The van der Waals surface area contributed by atoms with Crippen LogP contribution in [-0.4, -0.2) is 43.0 Å². The topological polar surface area (TPSA) is 102 Å². The number of anilines is 2. The van der Waals surface area contributed by atoms with Crippen LogP contribution in [0.25, 0.3) is 5.52 Å². The molecular weight excluding hydrogens is 394 g/mol. The highest BCUT2D eigenvalue weighted by Gasteiger charge is 2.29. The third-order valence-electron chi connectivity index (χ3n) is 5.65. The van der Waals surface area contributed by atoms with E-state index in [2.05, 4.69) is 36.6 Å². The fraction of sp³-hybridized carbons (Fsp3) is 0.364. The number of pyridine rings is 1. The molecule has 31 heavy (non-hydrogen) atoms. The van der Waals surface area contributed by atoms with Gasteiger partial charge in [0.05, 0.1) is 24.1 Å². The molecule has 160 valence electrons. The molecule has 1 aliphatic rings. The van der Waals surface area contributed by atoms with E-state index in [1.165, 1.54) is 0 Å². The monoisotopic (exact) mass is 419 g/mol. The van der Waals surface area contributed by atoms with Gasteiger partial charge in [0.15, 0.2) is 11.6 Å². The number of methoxy groups -OCH3 is 1. The van der Waals surface area contributed by atoms with Gasteiger partial charge in [0.2, 0.25) is 0 Å². The van der Waals surface area contributed by atoms with E-state index in [9.17, 15) is 0 Å². The van der Waals surface area contributed by atoms with Crippen LogP contribution in [0, 0.1) is 6.92 Å². The average molecular weight is 419 g/mol. The van der Waals surface area contributed by atoms with Crippen LogP contribution >= 0.6 is 0 Å². The summed E-state index contributed by atoms with van der Waals surface area (Å²) in [6.07, 6.45) is 8.53. The number of H-pyrrole nitrogens is 1. The standard InChI is InChI=1S/C22H25N7O2/c1-14-20(4-3-7-23-14)31-17-6-5-15(10-17)18-12-21(27-26-18)25-22-19-11-16(13-30-2)28-29(19)9-8-24-22/h3-4,7-9,11-12,15,17H,5-6,10,13H2,1-2H3,(H2,24,25,26,27)/t15-,17+/m0/s1. The molecule has 0 spiro atoms. The van der Waals surface area contributed by atoms with Crippen molar-refractivity contribution in [1.82, 2.24) is 29.8 Å². The Morgan fingerprint density at radius 1 is 1.23 bits per heavy atom. The molecule has 2 N–H and O–H groups in total. The summed E-state index contributed by atoms with van der Waals surface area (Å²) in [5, 5.41) is 15.4. The van der Waals surface area contributed by atoms with Crippen molar-refractivity contribution >= 4 is 17.2 Å². The van der Waals surface area contributed by atoms with Gasteiger partial charge in [-0.2, -0.15) is 10.2 Å². The number of hydrogen-bond donors (Lipinski definition) is 2. The first-order valence-electron chi connectivity index (χ1n) is 10.4. The highest BCUT2D eigenvalue weighted by Crippen LogP contribution is 2.37. The molecule has 1 aliphatic carbocycles. The molecule has 0 aliphatic heterocycles. The Hall–Kier alpha value is -3.46. The Labute approximate surface area is 179 Å². The summed E-state index contributed by atoms with van der Waals surface area (Å²) in [5.41, 5.74) is 3.76. The zero-order valence-corrected chi connectivity index (χ0v) is 17.6. The minimum atomic E-state index is 0.189. The number of fused-ring (bicyclic) bond motifs is 1. The molecule has 0 radical (unpaired) electrons. The van der Waals surface area contributed by atoms with Crippen LogP contribution in [0.3, 0.4) is 0 Å². The first-order valence-corrected chi connectivity index (χ1v) is 10.4. The van der Waals surface area contributed by atoms with Crippen LogP contribution < -0.4 is 10.1 Å². The van der Waals surface area contributed by atoms with Crippen molar-refractivity contribution in [2.24, 2.45) is 0 Å². The average Bonchev–Trinajstić information content (AvgIpc) is 3.50. The van der Waals surface area contributed by atoms with Crippen molar-refractivity contribution in [2.75, 3.05) is 12.4 Å². The fourth-order valence-electron chi connectivity index (χ4n) is 4.12. The van der Waals surface area contributed by atoms with E-state index in [-0.39, 0.29) is 6.10 Å². The predicted molar refractivity (Wildman–Crippen MR) is 116 cm³/mol. The van der Waals surface area contributed by atoms with E-state index in [0.29, 0.717) is 18.3 Å². The molecule has 4 heterocycles. The van der Waals surface area contributed by atoms with Gasteiger partial charge >= 0.3 is 0 Å². The highest BCUT2D eigenvalue weighted by atomic mass is 16.5. The summed E-state index contributed by atoms with van der Waals surface area (Å²) >= 11 is 0. The molecule has 0 saturated heterocycles. The van der Waals surface area contributed by atoms with Crippen LogP contribution in [0.15, 0.2) is 42.9 Å². The lowest BCUT2D eigenvalue weighted by molar-refractivity contribution is 0.181. The second-order valence-electron chi connectivity index (χ2n) is 7.84. The molecule has 9 nitrogen and oxygen atoms in total. The molecule has 9 heteroatoms. The van der Waals surface area contributed by atoms with Gasteiger partial charge in [-0.3, -0.25) is 10.1 Å². The zero-order chi connectivity index (χ0) is 21.2. The maximum Gasteiger partial charge on any atom is 0.157 e. The van der Waals surface area contributed by atoms with Gasteiger partial charge in [0, 0.05) is 43.4 Å². The van der Waals surface area contributed by atoms with Crippen LogP contribution in [-0.2, 0) is 11.3 Å². The number of hydrogen-bond acceptors (Lipinski definition) is 7. The number of nitrogens with zero attached hydrogens (tertiary/aromatic N) is 5. The number of ether oxygens (including phenoxy) is 2. The maximum atomic E-state index is 6.19. The number of rotatable bonds is 7. The minimum absolute atomic E-state index is 0.189. The van der Waals surface area contributed by atoms with Gasteiger partial charge in [-0.25, -0.2) is 9.50 Å². The Morgan fingerprint density at radius 2 is 2.16 bits per heavy atom. The van der Waals surface area contributed by atoms with Crippen LogP contribution in [0.1, 0.15) is 42.3 Å². The number of nitrogens with one attached hydrogen (secondary N) is 2. The molecule has 0 amide bonds. The smallest absolute Gasteiger partial charge is 0.157 e. The fourth-order valence-corrected chi connectivity index (χ4v) is 4.12. The zero-order valence-electron chi connectivity index (χ0n) is 17.6. The first kappa shape index (κ1) is 19.5. The Kier molecular flexibility index (Phi) is 5.25. The van der Waals surface area contributed by atoms with E-state index in [4.69, 9.17) is 9.47 Å². The second kappa shape index (κ2) is 8.35. The quantitative estimate of drug-likeness (QED) is 0.470.